The monoisotopic (exact) mass is 417 g/mol. The largest absolute Gasteiger partial charge is 0.489 e. The van der Waals surface area contributed by atoms with Crippen LogP contribution in [0.3, 0.4) is 0 Å². The Morgan fingerprint density at radius 2 is 2.06 bits per heavy atom. The number of pyridine rings is 2. The number of aromatic nitrogens is 2. The van der Waals surface area contributed by atoms with Crippen molar-refractivity contribution >= 4 is 11.8 Å². The number of anilines is 1. The molecule has 1 aliphatic rings. The van der Waals surface area contributed by atoms with Crippen molar-refractivity contribution in [1.82, 2.24) is 9.97 Å². The Bertz CT molecular complexity index is 1080. The van der Waals surface area contributed by atoms with Crippen molar-refractivity contribution in [3.05, 3.63) is 71.5 Å². The third kappa shape index (κ3) is 5.02. The number of benzene rings is 1. The zero-order valence-corrected chi connectivity index (χ0v) is 18.0. The van der Waals surface area contributed by atoms with Crippen molar-refractivity contribution in [2.45, 2.75) is 45.8 Å². The lowest BCUT2D eigenvalue weighted by atomic mass is 10.1. The molecule has 2 atom stereocenters. The van der Waals surface area contributed by atoms with Crippen molar-refractivity contribution < 1.29 is 14.6 Å². The lowest BCUT2D eigenvalue weighted by molar-refractivity contribution is -0.138. The fourth-order valence-corrected chi connectivity index (χ4v) is 3.68. The molecule has 6 nitrogen and oxygen atoms in total. The quantitative estimate of drug-likeness (QED) is 0.534. The van der Waals surface area contributed by atoms with Crippen LogP contribution in [0.4, 0.5) is 5.82 Å². The molecule has 0 aliphatic heterocycles. The molecule has 2 N–H and O–H groups in total. The fourth-order valence-electron chi connectivity index (χ4n) is 3.68. The van der Waals surface area contributed by atoms with E-state index in [1.165, 1.54) is 11.1 Å². The molecule has 1 fully saturated rings. The van der Waals surface area contributed by atoms with Crippen LogP contribution in [0, 0.1) is 12.8 Å². The number of aliphatic carboxylic acids is 1. The number of nitrogens with zero attached hydrogens (tertiary/aromatic N) is 2. The first-order valence-electron chi connectivity index (χ1n) is 10.6. The van der Waals surface area contributed by atoms with Crippen molar-refractivity contribution in [2.75, 3.05) is 5.32 Å². The number of hydrogen-bond acceptors (Lipinski definition) is 5. The van der Waals surface area contributed by atoms with Gasteiger partial charge in [-0.1, -0.05) is 29.8 Å². The summed E-state index contributed by atoms with van der Waals surface area (Å²) in [5.74, 6) is 0.187. The Labute approximate surface area is 182 Å². The number of ether oxygens (including phenoxy) is 1. The van der Waals surface area contributed by atoms with Gasteiger partial charge in [0.1, 0.15) is 11.6 Å². The van der Waals surface area contributed by atoms with Crippen LogP contribution in [0.15, 0.2) is 54.7 Å². The van der Waals surface area contributed by atoms with Gasteiger partial charge in [-0.15, -0.1) is 0 Å². The molecule has 2 aromatic heterocycles. The van der Waals surface area contributed by atoms with E-state index in [4.69, 9.17) is 9.72 Å². The molecule has 0 bridgehead atoms. The van der Waals surface area contributed by atoms with Crippen molar-refractivity contribution in [2.24, 2.45) is 5.92 Å². The second-order valence-corrected chi connectivity index (χ2v) is 8.31. The predicted octanol–water partition coefficient (Wildman–Crippen LogP) is 5.04. The molecule has 1 aromatic carbocycles. The highest BCUT2D eigenvalue weighted by Gasteiger charge is 2.47. The van der Waals surface area contributed by atoms with Crippen LogP contribution < -0.4 is 10.1 Å². The molecule has 2 heterocycles. The first kappa shape index (κ1) is 20.8. The molecule has 3 aromatic rings. The van der Waals surface area contributed by atoms with E-state index in [2.05, 4.69) is 35.4 Å². The van der Waals surface area contributed by atoms with Gasteiger partial charge in [0.15, 0.2) is 0 Å². The lowest BCUT2D eigenvalue weighted by Crippen LogP contribution is -2.09. The maximum Gasteiger partial charge on any atom is 0.307 e. The van der Waals surface area contributed by atoms with Gasteiger partial charge < -0.3 is 15.2 Å². The first-order chi connectivity index (χ1) is 14.9. The number of rotatable bonds is 8. The smallest absolute Gasteiger partial charge is 0.307 e. The third-order valence-corrected chi connectivity index (χ3v) is 5.32. The molecule has 0 unspecified atom stereocenters. The van der Waals surface area contributed by atoms with Gasteiger partial charge in [0.25, 0.3) is 0 Å². The normalized spacial score (nSPS) is 17.4. The predicted molar refractivity (Wildman–Crippen MR) is 120 cm³/mol. The number of carbonyl (C=O) groups is 1. The van der Waals surface area contributed by atoms with E-state index in [9.17, 15) is 9.90 Å². The van der Waals surface area contributed by atoms with Gasteiger partial charge in [-0.3, -0.25) is 4.79 Å². The second-order valence-electron chi connectivity index (χ2n) is 8.31. The van der Waals surface area contributed by atoms with Gasteiger partial charge in [-0.2, -0.15) is 0 Å². The molecular weight excluding hydrogens is 390 g/mol. The van der Waals surface area contributed by atoms with E-state index in [-0.39, 0.29) is 17.9 Å². The van der Waals surface area contributed by atoms with E-state index in [1.54, 1.807) is 6.20 Å². The van der Waals surface area contributed by atoms with E-state index in [1.807, 2.05) is 44.2 Å². The summed E-state index contributed by atoms with van der Waals surface area (Å²) in [5.41, 5.74) is 4.80. The highest BCUT2D eigenvalue weighted by molar-refractivity contribution is 5.75. The van der Waals surface area contributed by atoms with Gasteiger partial charge in [-0.05, 0) is 57.0 Å². The Balaban J connectivity index is 1.51. The number of nitrogens with one attached hydrogen (secondary N) is 1. The lowest BCUT2D eigenvalue weighted by Gasteiger charge is -2.15. The van der Waals surface area contributed by atoms with Crippen molar-refractivity contribution in [3.63, 3.8) is 0 Å². The number of aryl methyl sites for hydroxylation is 1. The molecule has 1 saturated carbocycles. The zero-order valence-electron chi connectivity index (χ0n) is 18.0. The molecule has 0 saturated heterocycles. The van der Waals surface area contributed by atoms with Crippen LogP contribution in [0.25, 0.3) is 11.3 Å². The third-order valence-electron chi connectivity index (χ3n) is 5.32. The molecule has 0 radical (unpaired) electrons. The maximum absolute atomic E-state index is 11.4. The minimum atomic E-state index is -0.779. The van der Waals surface area contributed by atoms with Gasteiger partial charge in [-0.25, -0.2) is 9.97 Å². The van der Waals surface area contributed by atoms with Crippen LogP contribution >= 0.6 is 0 Å². The topological polar surface area (TPSA) is 84.3 Å². The SMILES string of the molecule is Cc1cccc(CNc2ccc(-c3ccc(OC(C)C)c([C@H]4C[C@@H]4C(=O)O)n3)cn2)c1. The van der Waals surface area contributed by atoms with E-state index in [0.717, 1.165) is 22.8 Å². The van der Waals surface area contributed by atoms with E-state index in [0.29, 0.717) is 18.7 Å². The summed E-state index contributed by atoms with van der Waals surface area (Å²) in [7, 11) is 0. The Morgan fingerprint density at radius 1 is 1.23 bits per heavy atom. The minimum Gasteiger partial charge on any atom is -0.489 e. The van der Waals surface area contributed by atoms with Gasteiger partial charge in [0, 0.05) is 24.2 Å². The summed E-state index contributed by atoms with van der Waals surface area (Å²) in [6.45, 7) is 6.68. The molecular formula is C25H27N3O3. The van der Waals surface area contributed by atoms with Crippen LogP contribution in [-0.4, -0.2) is 27.1 Å². The van der Waals surface area contributed by atoms with Gasteiger partial charge in [0.2, 0.25) is 0 Å². The summed E-state index contributed by atoms with van der Waals surface area (Å²) in [5, 5.41) is 12.7. The minimum absolute atomic E-state index is 0.00569. The average molecular weight is 418 g/mol. The summed E-state index contributed by atoms with van der Waals surface area (Å²) < 4.78 is 5.89. The molecule has 0 amide bonds. The highest BCUT2D eigenvalue weighted by Crippen LogP contribution is 2.50. The molecule has 6 heteroatoms. The molecule has 1 aliphatic carbocycles. The molecule has 160 valence electrons. The first-order valence-corrected chi connectivity index (χ1v) is 10.6. The summed E-state index contributed by atoms with van der Waals surface area (Å²) in [6, 6.07) is 16.1. The standard InChI is InChI=1S/C25H27N3O3/c1-15(2)31-22-9-8-21(28-24(22)19-12-20(19)25(29)30)18-7-10-23(27-14-18)26-13-17-6-4-5-16(3)11-17/h4-11,14-15,19-20H,12-13H2,1-3H3,(H,26,27)(H,29,30)/t19-,20-/m0/s1. The molecule has 4 rings (SSSR count). The van der Waals surface area contributed by atoms with Gasteiger partial charge >= 0.3 is 5.97 Å². The number of carboxylic acid groups (broad SMARTS) is 1. The second kappa shape index (κ2) is 8.76. The summed E-state index contributed by atoms with van der Waals surface area (Å²) in [6.07, 6.45) is 2.38. The van der Waals surface area contributed by atoms with Crippen molar-refractivity contribution in [1.29, 1.82) is 0 Å². The van der Waals surface area contributed by atoms with Crippen LogP contribution in [0.1, 0.15) is 43.0 Å². The van der Waals surface area contributed by atoms with Crippen LogP contribution in [-0.2, 0) is 11.3 Å². The van der Waals surface area contributed by atoms with Crippen molar-refractivity contribution in [3.8, 4) is 17.0 Å². The maximum atomic E-state index is 11.4. The average Bonchev–Trinajstić information content (AvgIpc) is 3.54. The van der Waals surface area contributed by atoms with Crippen LogP contribution in [0.5, 0.6) is 5.75 Å². The number of hydrogen-bond donors (Lipinski definition) is 2. The Kier molecular flexibility index (Phi) is 5.89. The Morgan fingerprint density at radius 3 is 2.71 bits per heavy atom. The van der Waals surface area contributed by atoms with Gasteiger partial charge in [0.05, 0.1) is 23.4 Å². The summed E-state index contributed by atoms with van der Waals surface area (Å²) in [4.78, 5) is 20.7. The molecule has 31 heavy (non-hydrogen) atoms. The zero-order chi connectivity index (χ0) is 22.0. The highest BCUT2D eigenvalue weighted by atomic mass is 16.5. The number of carboxylic acids is 1. The van der Waals surface area contributed by atoms with Crippen LogP contribution in [0.2, 0.25) is 0 Å². The fraction of sp³-hybridized carbons (Fsp3) is 0.320. The Hall–Kier alpha value is -3.41. The van der Waals surface area contributed by atoms with E-state index < -0.39 is 5.97 Å². The molecule has 0 spiro atoms. The van der Waals surface area contributed by atoms with E-state index >= 15 is 0 Å². The summed E-state index contributed by atoms with van der Waals surface area (Å²) >= 11 is 0.